The molecule has 2 nitrogen and oxygen atoms in total. The maximum Gasteiger partial charge on any atom is 0.0511 e. The Kier molecular flexibility index (Phi) is 17.5. The van der Waals surface area contributed by atoms with Crippen LogP contribution in [0, 0.1) is 6.92 Å². The highest BCUT2D eigenvalue weighted by Crippen LogP contribution is 1.94. The highest BCUT2D eigenvalue weighted by atomic mass is 32.1. The molecule has 0 saturated carbocycles. The van der Waals surface area contributed by atoms with Crippen LogP contribution in [0.1, 0.15) is 33.4 Å². The van der Waals surface area contributed by atoms with E-state index in [1.807, 2.05) is 57.5 Å². The molecule has 0 aromatic carbocycles. The lowest BCUT2D eigenvalue weighted by molar-refractivity contribution is 1.35. The molecule has 0 bridgehead atoms. The van der Waals surface area contributed by atoms with Crippen LogP contribution in [0.15, 0.2) is 29.1 Å². The zero-order chi connectivity index (χ0) is 11.9. The van der Waals surface area contributed by atoms with Crippen molar-refractivity contribution in [3.05, 3.63) is 34.8 Å². The Labute approximate surface area is 101 Å². The molecule has 15 heavy (non-hydrogen) atoms. The van der Waals surface area contributed by atoms with Crippen LogP contribution in [-0.4, -0.2) is 8.75 Å². The Bertz CT molecular complexity index is 235. The molecule has 4 heteroatoms. The molecular weight excluding hydrogens is 224 g/mol. The van der Waals surface area contributed by atoms with Crippen LogP contribution in [0.4, 0.5) is 0 Å². The fourth-order valence-corrected chi connectivity index (χ4v) is 1.35. The van der Waals surface area contributed by atoms with Crippen molar-refractivity contribution in [2.45, 2.75) is 34.6 Å². The molecule has 0 amide bonds. The van der Waals surface area contributed by atoms with Gasteiger partial charge < -0.3 is 0 Å². The summed E-state index contributed by atoms with van der Waals surface area (Å²) in [5.74, 6) is 0. The third-order valence-electron chi connectivity index (χ3n) is 0.914. The summed E-state index contributed by atoms with van der Waals surface area (Å²) in [6.07, 6.45) is 1.77. The summed E-state index contributed by atoms with van der Waals surface area (Å²) in [6.45, 7) is 9.98. The lowest BCUT2D eigenvalue weighted by Crippen LogP contribution is -1.57. The van der Waals surface area contributed by atoms with Crippen molar-refractivity contribution in [2.75, 3.05) is 0 Å². The van der Waals surface area contributed by atoms with Crippen LogP contribution in [-0.2, 0) is 0 Å². The summed E-state index contributed by atoms with van der Waals surface area (Å²) < 4.78 is 7.72. The maximum absolute atomic E-state index is 3.96. The van der Waals surface area contributed by atoms with Gasteiger partial charge in [-0.3, -0.25) is 0 Å². The lowest BCUT2D eigenvalue weighted by atomic mass is 10.5. The van der Waals surface area contributed by atoms with Crippen LogP contribution in [0.3, 0.4) is 0 Å². The van der Waals surface area contributed by atoms with Crippen LogP contribution in [0.5, 0.6) is 0 Å². The van der Waals surface area contributed by atoms with Crippen molar-refractivity contribution in [3.8, 4) is 0 Å². The van der Waals surface area contributed by atoms with E-state index in [0.717, 1.165) is 5.69 Å². The SMILES string of the molecule is CC.CC.Cc1ccsn1.c1cnsc1. The average molecular weight is 244 g/mol. The van der Waals surface area contributed by atoms with Gasteiger partial charge in [0.25, 0.3) is 0 Å². The third kappa shape index (κ3) is 13.3. The number of rotatable bonds is 0. The molecule has 0 radical (unpaired) electrons. The summed E-state index contributed by atoms with van der Waals surface area (Å²) in [5.41, 5.74) is 1.11. The summed E-state index contributed by atoms with van der Waals surface area (Å²) in [4.78, 5) is 0. The van der Waals surface area contributed by atoms with Crippen molar-refractivity contribution in [3.63, 3.8) is 0 Å². The minimum atomic E-state index is 1.11. The first kappa shape index (κ1) is 16.7. The molecule has 0 aliphatic carbocycles. The van der Waals surface area contributed by atoms with E-state index in [4.69, 9.17) is 0 Å². The molecule has 2 rings (SSSR count). The van der Waals surface area contributed by atoms with Crippen LogP contribution >= 0.6 is 23.1 Å². The van der Waals surface area contributed by atoms with E-state index in [2.05, 4.69) is 8.75 Å². The fourth-order valence-electron chi connectivity index (χ4n) is 0.449. The third-order valence-corrected chi connectivity index (χ3v) is 2.09. The van der Waals surface area contributed by atoms with Crippen LogP contribution in [0.25, 0.3) is 0 Å². The van der Waals surface area contributed by atoms with Gasteiger partial charge in [0, 0.05) is 17.0 Å². The van der Waals surface area contributed by atoms with Gasteiger partial charge in [-0.2, -0.15) is 4.37 Å². The normalized spacial score (nSPS) is 7.00. The standard InChI is InChI=1S/C4H5NS.C3H3NS.2C2H6/c1-4-2-3-6-5-4;1-2-4-5-3-1;2*1-2/h2-3H,1H3;1-3H;2*1-2H3. The second-order valence-corrected chi connectivity index (χ2v) is 3.19. The molecule has 0 atom stereocenters. The molecule has 0 fully saturated rings. The van der Waals surface area contributed by atoms with Gasteiger partial charge in [-0.05, 0) is 42.1 Å². The van der Waals surface area contributed by atoms with Crippen molar-refractivity contribution >= 4 is 23.1 Å². The second kappa shape index (κ2) is 15.7. The van der Waals surface area contributed by atoms with E-state index in [0.29, 0.717) is 0 Å². The molecule has 0 aliphatic rings. The highest BCUT2D eigenvalue weighted by molar-refractivity contribution is 7.03. The molecular formula is C11H20N2S2. The lowest BCUT2D eigenvalue weighted by Gasteiger charge is -1.64. The van der Waals surface area contributed by atoms with Crippen LogP contribution < -0.4 is 0 Å². The minimum absolute atomic E-state index is 1.11. The topological polar surface area (TPSA) is 25.8 Å². The fraction of sp³-hybridized carbons (Fsp3) is 0.455. The molecule has 86 valence electrons. The molecule has 2 aromatic rings. The van der Waals surface area contributed by atoms with E-state index >= 15 is 0 Å². The molecule has 0 N–H and O–H groups in total. The maximum atomic E-state index is 3.96. The number of hydrogen-bond donors (Lipinski definition) is 0. The van der Waals surface area contributed by atoms with E-state index in [1.165, 1.54) is 23.1 Å². The molecule has 0 spiro atoms. The number of hydrogen-bond acceptors (Lipinski definition) is 4. The van der Waals surface area contributed by atoms with Gasteiger partial charge in [0.2, 0.25) is 0 Å². The van der Waals surface area contributed by atoms with Crippen molar-refractivity contribution in [1.82, 2.24) is 8.75 Å². The van der Waals surface area contributed by atoms with Gasteiger partial charge in [0.15, 0.2) is 0 Å². The largest absolute Gasteiger partial charge is 0.201 e. The van der Waals surface area contributed by atoms with Gasteiger partial charge in [-0.25, -0.2) is 4.37 Å². The number of aryl methyl sites for hydroxylation is 1. The Morgan fingerprint density at radius 2 is 1.67 bits per heavy atom. The first-order chi connectivity index (χ1) is 7.39. The molecule has 2 heterocycles. The zero-order valence-electron chi connectivity index (χ0n) is 10.1. The molecule has 0 aliphatic heterocycles. The summed E-state index contributed by atoms with van der Waals surface area (Å²) >= 11 is 2.95. The summed E-state index contributed by atoms with van der Waals surface area (Å²) in [7, 11) is 0. The quantitative estimate of drug-likeness (QED) is 0.674. The van der Waals surface area contributed by atoms with Crippen LogP contribution in [0.2, 0.25) is 0 Å². The van der Waals surface area contributed by atoms with E-state index in [1.54, 1.807) is 6.20 Å². The molecule has 0 unspecified atom stereocenters. The van der Waals surface area contributed by atoms with E-state index in [-0.39, 0.29) is 0 Å². The smallest absolute Gasteiger partial charge is 0.0511 e. The minimum Gasteiger partial charge on any atom is -0.201 e. The Balaban J connectivity index is 0. The van der Waals surface area contributed by atoms with Gasteiger partial charge in [-0.15, -0.1) is 0 Å². The highest BCUT2D eigenvalue weighted by Gasteiger charge is 1.76. The summed E-state index contributed by atoms with van der Waals surface area (Å²) in [6, 6.07) is 3.90. The van der Waals surface area contributed by atoms with Crippen molar-refractivity contribution < 1.29 is 0 Å². The monoisotopic (exact) mass is 244 g/mol. The van der Waals surface area contributed by atoms with Gasteiger partial charge in [0.1, 0.15) is 0 Å². The average Bonchev–Trinajstić information content (AvgIpc) is 2.98. The zero-order valence-corrected chi connectivity index (χ0v) is 11.7. The number of aromatic nitrogens is 2. The molecule has 2 aromatic heterocycles. The van der Waals surface area contributed by atoms with Gasteiger partial charge in [0.05, 0.1) is 5.69 Å². The predicted molar refractivity (Wildman–Crippen MR) is 71.7 cm³/mol. The Morgan fingerprint density at radius 1 is 1.00 bits per heavy atom. The molecule has 0 saturated heterocycles. The Hall–Kier alpha value is -0.740. The summed E-state index contributed by atoms with van der Waals surface area (Å²) in [5, 5.41) is 3.90. The van der Waals surface area contributed by atoms with Crippen molar-refractivity contribution in [2.24, 2.45) is 0 Å². The van der Waals surface area contributed by atoms with E-state index in [9.17, 15) is 0 Å². The van der Waals surface area contributed by atoms with Gasteiger partial charge in [-0.1, -0.05) is 27.7 Å². The first-order valence-electron chi connectivity index (χ1n) is 5.11. The van der Waals surface area contributed by atoms with E-state index < -0.39 is 0 Å². The van der Waals surface area contributed by atoms with Crippen molar-refractivity contribution in [1.29, 1.82) is 0 Å². The first-order valence-corrected chi connectivity index (χ1v) is 6.78. The number of nitrogens with zero attached hydrogens (tertiary/aromatic N) is 2. The predicted octanol–water partition coefficient (Wildman–Crippen LogP) is 4.65. The van der Waals surface area contributed by atoms with Gasteiger partial charge >= 0.3 is 0 Å². The second-order valence-electron chi connectivity index (χ2n) is 1.83. The Morgan fingerprint density at radius 3 is 1.80 bits per heavy atom.